The van der Waals surface area contributed by atoms with Crippen LogP contribution in [0.1, 0.15) is 36.8 Å². The molecule has 0 saturated heterocycles. The molecule has 0 bridgehead atoms. The minimum Gasteiger partial charge on any atom is -0.334 e. The zero-order valence-corrected chi connectivity index (χ0v) is 12.4. The molecule has 1 unspecified atom stereocenters. The second-order valence-corrected chi connectivity index (χ2v) is 4.98. The summed E-state index contributed by atoms with van der Waals surface area (Å²) in [6.45, 7) is 8.07. The highest BCUT2D eigenvalue weighted by Crippen LogP contribution is 2.25. The number of nitrogens with zero attached hydrogens (tertiary/aromatic N) is 2. The molecule has 0 fully saturated rings. The second kappa shape index (κ2) is 6.22. The van der Waals surface area contributed by atoms with Crippen molar-refractivity contribution in [2.75, 3.05) is 6.54 Å². The highest BCUT2D eigenvalue weighted by molar-refractivity contribution is 6.31. The van der Waals surface area contributed by atoms with Gasteiger partial charge in [0, 0.05) is 24.0 Å². The highest BCUT2D eigenvalue weighted by Gasteiger charge is 2.18. The smallest absolute Gasteiger partial charge is 0.130 e. The number of nitrogens with one attached hydrogen (secondary N) is 1. The number of imidazole rings is 1. The second-order valence-electron chi connectivity index (χ2n) is 4.57. The Balaban J connectivity index is 2.42. The van der Waals surface area contributed by atoms with Gasteiger partial charge < -0.3 is 9.88 Å². The molecule has 0 radical (unpaired) electrons. The van der Waals surface area contributed by atoms with Crippen molar-refractivity contribution in [1.82, 2.24) is 14.9 Å². The summed E-state index contributed by atoms with van der Waals surface area (Å²) in [7, 11) is 0. The zero-order chi connectivity index (χ0) is 13.8. The SMILES string of the molecule is CCNC(c1ccc(Cl)c(C)c1)c1nccn1CC. The quantitative estimate of drug-likeness (QED) is 0.906. The molecule has 0 saturated carbocycles. The normalized spacial score (nSPS) is 12.6. The third-order valence-corrected chi connectivity index (χ3v) is 3.69. The molecular weight excluding hydrogens is 258 g/mol. The molecule has 1 N–H and O–H groups in total. The molecule has 0 aliphatic heterocycles. The number of halogens is 1. The van der Waals surface area contributed by atoms with Gasteiger partial charge in [0.15, 0.2) is 0 Å². The molecular formula is C15H20ClN3. The maximum Gasteiger partial charge on any atom is 0.130 e. The van der Waals surface area contributed by atoms with E-state index in [9.17, 15) is 0 Å². The van der Waals surface area contributed by atoms with Gasteiger partial charge in [0.05, 0.1) is 6.04 Å². The first-order valence-electron chi connectivity index (χ1n) is 6.67. The van der Waals surface area contributed by atoms with E-state index in [1.54, 1.807) is 0 Å². The van der Waals surface area contributed by atoms with Gasteiger partial charge in [0.25, 0.3) is 0 Å². The lowest BCUT2D eigenvalue weighted by molar-refractivity contribution is 0.559. The summed E-state index contributed by atoms with van der Waals surface area (Å²) in [6.07, 6.45) is 3.87. The van der Waals surface area contributed by atoms with E-state index in [1.807, 2.05) is 25.4 Å². The Morgan fingerprint density at radius 3 is 2.79 bits per heavy atom. The summed E-state index contributed by atoms with van der Waals surface area (Å²) >= 11 is 6.10. The Bertz CT molecular complexity index is 548. The van der Waals surface area contributed by atoms with Crippen molar-refractivity contribution >= 4 is 11.6 Å². The molecule has 1 atom stereocenters. The van der Waals surface area contributed by atoms with Gasteiger partial charge in [0.2, 0.25) is 0 Å². The van der Waals surface area contributed by atoms with Crippen LogP contribution in [-0.4, -0.2) is 16.1 Å². The summed E-state index contributed by atoms with van der Waals surface area (Å²) in [5.74, 6) is 1.05. The standard InChI is InChI=1S/C15H20ClN3/c1-4-17-14(15-18-8-9-19(15)5-2)12-6-7-13(16)11(3)10-12/h6-10,14,17H,4-5H2,1-3H3. The molecule has 0 amide bonds. The molecule has 102 valence electrons. The van der Waals surface area contributed by atoms with E-state index in [2.05, 4.69) is 40.8 Å². The van der Waals surface area contributed by atoms with Crippen LogP contribution in [0.15, 0.2) is 30.6 Å². The molecule has 0 aliphatic carbocycles. The number of aromatic nitrogens is 2. The van der Waals surface area contributed by atoms with Crippen LogP contribution in [0.25, 0.3) is 0 Å². The first kappa shape index (κ1) is 14.1. The summed E-state index contributed by atoms with van der Waals surface area (Å²) in [4.78, 5) is 4.50. The fraction of sp³-hybridized carbons (Fsp3) is 0.400. The van der Waals surface area contributed by atoms with Crippen molar-refractivity contribution in [3.05, 3.63) is 52.6 Å². The van der Waals surface area contributed by atoms with Gasteiger partial charge in [0.1, 0.15) is 5.82 Å². The predicted octanol–water partition coefficient (Wildman–Crippen LogP) is 3.56. The third-order valence-electron chi connectivity index (χ3n) is 3.27. The van der Waals surface area contributed by atoms with E-state index in [1.165, 1.54) is 5.56 Å². The monoisotopic (exact) mass is 277 g/mol. The molecule has 4 heteroatoms. The minimum absolute atomic E-state index is 0.107. The summed E-state index contributed by atoms with van der Waals surface area (Å²) in [6, 6.07) is 6.26. The van der Waals surface area contributed by atoms with Gasteiger partial charge in [-0.2, -0.15) is 0 Å². The van der Waals surface area contributed by atoms with Gasteiger partial charge in [-0.05, 0) is 37.6 Å². The van der Waals surface area contributed by atoms with Crippen LogP contribution in [0.5, 0.6) is 0 Å². The van der Waals surface area contributed by atoms with Gasteiger partial charge >= 0.3 is 0 Å². The Labute approximate surface area is 119 Å². The fourth-order valence-electron chi connectivity index (χ4n) is 2.26. The summed E-state index contributed by atoms with van der Waals surface area (Å²) in [5.41, 5.74) is 2.29. The van der Waals surface area contributed by atoms with Crippen molar-refractivity contribution in [3.8, 4) is 0 Å². The van der Waals surface area contributed by atoms with Crippen molar-refractivity contribution in [2.45, 2.75) is 33.4 Å². The van der Waals surface area contributed by atoms with Crippen molar-refractivity contribution in [3.63, 3.8) is 0 Å². The molecule has 0 aliphatic rings. The zero-order valence-electron chi connectivity index (χ0n) is 11.7. The van der Waals surface area contributed by atoms with E-state index in [0.717, 1.165) is 29.5 Å². The van der Waals surface area contributed by atoms with Crippen LogP contribution in [0.2, 0.25) is 5.02 Å². The number of rotatable bonds is 5. The Kier molecular flexibility index (Phi) is 4.61. The van der Waals surface area contributed by atoms with Crippen LogP contribution in [0.3, 0.4) is 0 Å². The Morgan fingerprint density at radius 2 is 2.16 bits per heavy atom. The van der Waals surface area contributed by atoms with E-state index >= 15 is 0 Å². The molecule has 1 heterocycles. The van der Waals surface area contributed by atoms with Crippen LogP contribution < -0.4 is 5.32 Å². The topological polar surface area (TPSA) is 29.9 Å². The molecule has 1 aromatic carbocycles. The molecule has 2 aromatic rings. The summed E-state index contributed by atoms with van der Waals surface area (Å²) in [5, 5.41) is 4.30. The van der Waals surface area contributed by atoms with E-state index in [-0.39, 0.29) is 6.04 Å². The van der Waals surface area contributed by atoms with Gasteiger partial charge in [-0.1, -0.05) is 30.7 Å². The lowest BCUT2D eigenvalue weighted by Gasteiger charge is -2.19. The number of hydrogen-bond acceptors (Lipinski definition) is 2. The Morgan fingerprint density at radius 1 is 1.37 bits per heavy atom. The van der Waals surface area contributed by atoms with Gasteiger partial charge in [-0.25, -0.2) is 4.98 Å². The van der Waals surface area contributed by atoms with Gasteiger partial charge in [-0.15, -0.1) is 0 Å². The van der Waals surface area contributed by atoms with Gasteiger partial charge in [-0.3, -0.25) is 0 Å². The molecule has 0 spiro atoms. The molecule has 1 aromatic heterocycles. The van der Waals surface area contributed by atoms with E-state index in [4.69, 9.17) is 11.6 Å². The number of aryl methyl sites for hydroxylation is 2. The van der Waals surface area contributed by atoms with Crippen LogP contribution >= 0.6 is 11.6 Å². The van der Waals surface area contributed by atoms with E-state index in [0.29, 0.717) is 0 Å². The average Bonchev–Trinajstić information content (AvgIpc) is 2.87. The first-order chi connectivity index (χ1) is 9.17. The summed E-state index contributed by atoms with van der Waals surface area (Å²) < 4.78 is 2.16. The third kappa shape index (κ3) is 2.99. The molecule has 2 rings (SSSR count). The lowest BCUT2D eigenvalue weighted by atomic mass is 10.0. The lowest BCUT2D eigenvalue weighted by Crippen LogP contribution is -2.25. The minimum atomic E-state index is 0.107. The van der Waals surface area contributed by atoms with Crippen LogP contribution in [-0.2, 0) is 6.54 Å². The maximum atomic E-state index is 6.10. The first-order valence-corrected chi connectivity index (χ1v) is 7.05. The van der Waals surface area contributed by atoms with Crippen molar-refractivity contribution in [2.24, 2.45) is 0 Å². The van der Waals surface area contributed by atoms with E-state index < -0.39 is 0 Å². The largest absolute Gasteiger partial charge is 0.334 e. The number of benzene rings is 1. The molecule has 19 heavy (non-hydrogen) atoms. The fourth-order valence-corrected chi connectivity index (χ4v) is 2.38. The number of hydrogen-bond donors (Lipinski definition) is 1. The van der Waals surface area contributed by atoms with Crippen molar-refractivity contribution < 1.29 is 0 Å². The van der Waals surface area contributed by atoms with Crippen molar-refractivity contribution in [1.29, 1.82) is 0 Å². The molecule has 3 nitrogen and oxygen atoms in total. The average molecular weight is 278 g/mol. The maximum absolute atomic E-state index is 6.10. The van der Waals surface area contributed by atoms with Crippen LogP contribution in [0, 0.1) is 6.92 Å². The van der Waals surface area contributed by atoms with Crippen LogP contribution in [0.4, 0.5) is 0 Å². The predicted molar refractivity (Wildman–Crippen MR) is 79.6 cm³/mol. The Hall–Kier alpha value is -1.32. The highest BCUT2D eigenvalue weighted by atomic mass is 35.5.